The number of benzene rings is 2. The predicted octanol–water partition coefficient (Wildman–Crippen LogP) is 3.69. The zero-order valence-corrected chi connectivity index (χ0v) is 15.7. The second kappa shape index (κ2) is 5.61. The summed E-state index contributed by atoms with van der Waals surface area (Å²) < 4.78 is 29.1. The third-order valence-electron chi connectivity index (χ3n) is 4.03. The molecule has 6 heteroatoms. The maximum Gasteiger partial charge on any atom is 0.268 e. The highest BCUT2D eigenvalue weighted by Gasteiger charge is 2.47. The molecule has 23 heavy (non-hydrogen) atoms. The molecule has 0 fully saturated rings. The van der Waals surface area contributed by atoms with E-state index in [0.717, 1.165) is 5.56 Å². The van der Waals surface area contributed by atoms with E-state index in [0.29, 0.717) is 16.9 Å². The summed E-state index contributed by atoms with van der Waals surface area (Å²) in [4.78, 5) is 0.200. The van der Waals surface area contributed by atoms with Gasteiger partial charge in [0.05, 0.1) is 16.3 Å². The lowest BCUT2D eigenvalue weighted by molar-refractivity contribution is 0.104. The molecule has 1 aliphatic heterocycles. The van der Waals surface area contributed by atoms with Crippen LogP contribution in [0.5, 0.6) is 0 Å². The maximum absolute atomic E-state index is 13.1. The van der Waals surface area contributed by atoms with E-state index >= 15 is 0 Å². The summed E-state index contributed by atoms with van der Waals surface area (Å²) in [5, 5.41) is 10.9. The molecule has 1 aliphatic rings. The van der Waals surface area contributed by atoms with E-state index < -0.39 is 15.6 Å². The Balaban J connectivity index is 2.24. The van der Waals surface area contributed by atoms with Gasteiger partial charge >= 0.3 is 0 Å². The molecular formula is C17H16INO3S. The Kier molecular flexibility index (Phi) is 4.02. The summed E-state index contributed by atoms with van der Waals surface area (Å²) >= 11 is 1.96. The third-order valence-corrected chi connectivity index (χ3v) is 6.36. The fraction of sp³-hybridized carbons (Fsp3) is 0.176. The molecule has 1 heterocycles. The van der Waals surface area contributed by atoms with Gasteiger partial charge in [-0.3, -0.25) is 0 Å². The van der Waals surface area contributed by atoms with Crippen LogP contribution in [0.4, 0.5) is 5.69 Å². The van der Waals surface area contributed by atoms with Gasteiger partial charge in [0.1, 0.15) is 5.60 Å². The lowest BCUT2D eigenvalue weighted by Gasteiger charge is -2.25. The summed E-state index contributed by atoms with van der Waals surface area (Å²) in [6.07, 6.45) is 0. The fourth-order valence-corrected chi connectivity index (χ4v) is 5.43. The molecule has 1 unspecified atom stereocenters. The van der Waals surface area contributed by atoms with Gasteiger partial charge in [0, 0.05) is 9.65 Å². The van der Waals surface area contributed by atoms with E-state index in [-0.39, 0.29) is 4.90 Å². The van der Waals surface area contributed by atoms with Gasteiger partial charge < -0.3 is 5.11 Å². The van der Waals surface area contributed by atoms with Gasteiger partial charge in [-0.2, -0.15) is 0 Å². The number of halogens is 1. The Morgan fingerprint density at radius 1 is 1.13 bits per heavy atom. The van der Waals surface area contributed by atoms with Crippen molar-refractivity contribution in [1.82, 2.24) is 0 Å². The molecule has 0 bridgehead atoms. The van der Waals surface area contributed by atoms with Crippen LogP contribution in [0, 0.1) is 6.92 Å². The van der Waals surface area contributed by atoms with E-state index in [1.165, 1.54) is 4.31 Å². The monoisotopic (exact) mass is 441 g/mol. The first-order valence-electron chi connectivity index (χ1n) is 7.05. The number of hydrogen-bond acceptors (Lipinski definition) is 3. The molecule has 1 atom stereocenters. The number of para-hydroxylation sites is 1. The Bertz CT molecular complexity index is 886. The van der Waals surface area contributed by atoms with Crippen LogP contribution < -0.4 is 4.31 Å². The molecule has 120 valence electrons. The fourth-order valence-electron chi connectivity index (χ4n) is 2.75. The zero-order valence-electron chi connectivity index (χ0n) is 12.7. The van der Waals surface area contributed by atoms with Gasteiger partial charge in [0.25, 0.3) is 10.0 Å². The van der Waals surface area contributed by atoms with Crippen LogP contribution in [0.15, 0.2) is 63.2 Å². The molecule has 2 aromatic carbocycles. The van der Waals surface area contributed by atoms with E-state index in [1.54, 1.807) is 59.5 Å². The average molecular weight is 441 g/mol. The minimum atomic E-state index is -3.80. The van der Waals surface area contributed by atoms with E-state index in [4.69, 9.17) is 0 Å². The second-order valence-corrected chi connectivity index (χ2v) is 8.08. The van der Waals surface area contributed by atoms with Gasteiger partial charge in [0.2, 0.25) is 0 Å². The zero-order chi connectivity index (χ0) is 16.8. The smallest absolute Gasteiger partial charge is 0.268 e. The van der Waals surface area contributed by atoms with Gasteiger partial charge in [0.15, 0.2) is 0 Å². The van der Waals surface area contributed by atoms with Crippen molar-refractivity contribution in [3.63, 3.8) is 0 Å². The molecule has 3 rings (SSSR count). The minimum Gasteiger partial charge on any atom is -0.379 e. The Morgan fingerprint density at radius 2 is 1.74 bits per heavy atom. The molecule has 0 saturated heterocycles. The van der Waals surface area contributed by atoms with Crippen molar-refractivity contribution in [3.05, 3.63) is 69.4 Å². The third kappa shape index (κ3) is 2.49. The van der Waals surface area contributed by atoms with Gasteiger partial charge in [-0.05, 0) is 32.0 Å². The molecule has 0 aliphatic carbocycles. The molecular weight excluding hydrogens is 425 g/mol. The molecule has 1 N–H and O–H groups in total. The van der Waals surface area contributed by atoms with Gasteiger partial charge in [-0.15, -0.1) is 0 Å². The Labute approximate surface area is 149 Å². The quantitative estimate of drug-likeness (QED) is 0.724. The second-order valence-electron chi connectivity index (χ2n) is 5.67. The van der Waals surface area contributed by atoms with Crippen LogP contribution in [0.3, 0.4) is 0 Å². The minimum absolute atomic E-state index is 0.200. The average Bonchev–Trinajstić information content (AvgIpc) is 2.76. The molecule has 0 radical (unpaired) electrons. The number of sulfonamides is 1. The Hall–Kier alpha value is -1.38. The highest BCUT2D eigenvalue weighted by molar-refractivity contribution is 14.1. The summed E-state index contributed by atoms with van der Waals surface area (Å²) in [6.45, 7) is 3.52. The highest BCUT2D eigenvalue weighted by atomic mass is 127. The van der Waals surface area contributed by atoms with Crippen LogP contribution in [0.1, 0.15) is 18.1 Å². The van der Waals surface area contributed by atoms with E-state index in [1.807, 2.05) is 29.5 Å². The van der Waals surface area contributed by atoms with Gasteiger partial charge in [-0.25, -0.2) is 12.7 Å². The number of anilines is 1. The normalized spacial score (nSPS) is 22.4. The number of nitrogens with zero attached hydrogens (tertiary/aromatic N) is 1. The van der Waals surface area contributed by atoms with Crippen molar-refractivity contribution >= 4 is 38.3 Å². The van der Waals surface area contributed by atoms with Crippen molar-refractivity contribution in [3.8, 4) is 0 Å². The van der Waals surface area contributed by atoms with Gasteiger partial charge in [-0.1, -0.05) is 58.5 Å². The molecule has 0 aromatic heterocycles. The largest absolute Gasteiger partial charge is 0.379 e. The highest BCUT2D eigenvalue weighted by Crippen LogP contribution is 2.48. The van der Waals surface area contributed by atoms with Crippen LogP contribution in [-0.4, -0.2) is 13.5 Å². The van der Waals surface area contributed by atoms with Crippen molar-refractivity contribution in [2.75, 3.05) is 4.31 Å². The summed E-state index contributed by atoms with van der Waals surface area (Å²) in [7, 11) is -3.80. The van der Waals surface area contributed by atoms with Crippen molar-refractivity contribution in [2.45, 2.75) is 24.3 Å². The summed E-state index contributed by atoms with van der Waals surface area (Å²) in [6, 6.07) is 13.7. The number of aliphatic hydroxyl groups is 1. The van der Waals surface area contributed by atoms with Crippen molar-refractivity contribution < 1.29 is 13.5 Å². The lowest BCUT2D eigenvalue weighted by Crippen LogP contribution is -2.32. The lowest BCUT2D eigenvalue weighted by atomic mass is 9.96. The number of hydrogen-bond donors (Lipinski definition) is 1. The molecule has 4 nitrogen and oxygen atoms in total. The first-order chi connectivity index (χ1) is 10.8. The molecule has 2 aromatic rings. The van der Waals surface area contributed by atoms with Crippen molar-refractivity contribution in [1.29, 1.82) is 0 Å². The molecule has 0 saturated carbocycles. The van der Waals surface area contributed by atoms with Crippen LogP contribution >= 0.6 is 22.6 Å². The van der Waals surface area contributed by atoms with Crippen LogP contribution in [0.2, 0.25) is 0 Å². The topological polar surface area (TPSA) is 57.6 Å². The first-order valence-corrected chi connectivity index (χ1v) is 9.73. The predicted molar refractivity (Wildman–Crippen MR) is 99.0 cm³/mol. The van der Waals surface area contributed by atoms with Crippen molar-refractivity contribution in [2.24, 2.45) is 0 Å². The molecule has 0 spiro atoms. The SMILES string of the molecule is Cc1ccc(S(=O)(=O)N2/C(=C/I)C(C)(O)c3ccccc32)cc1. The first kappa shape index (κ1) is 16.5. The number of fused-ring (bicyclic) bond motifs is 1. The van der Waals surface area contributed by atoms with E-state index in [9.17, 15) is 13.5 Å². The van der Waals surface area contributed by atoms with Crippen LogP contribution in [0.25, 0.3) is 0 Å². The Morgan fingerprint density at radius 3 is 2.35 bits per heavy atom. The number of aryl methyl sites for hydroxylation is 1. The standard InChI is InChI=1S/C17H16INO3S/c1-12-7-9-13(10-8-12)23(21,22)19-15-6-4-3-5-14(15)17(2,20)16(19)11-18/h3-11,20H,1-2H3/b16-11+. The summed E-state index contributed by atoms with van der Waals surface area (Å²) in [5.74, 6) is 0. The maximum atomic E-state index is 13.1. The van der Waals surface area contributed by atoms with Crippen LogP contribution in [-0.2, 0) is 15.6 Å². The van der Waals surface area contributed by atoms with E-state index in [2.05, 4.69) is 0 Å². The number of rotatable bonds is 2. The summed E-state index contributed by atoms with van der Waals surface area (Å²) in [5.41, 5.74) is 1.04. The molecule has 0 amide bonds.